The standard InChI is InChI=1S/C20H22BrClN4O/c1-12-4-15(21)2-3-16(12)24-17(27)19-6-13-5-14(7-19)9-20(8-13,10-19)26-11-23-18(22)25-26/h2-4,11,13-14H,5-10H2,1H3,(H,24,27)/t13-,14+,19?,20?. The molecule has 2 aromatic rings. The minimum Gasteiger partial charge on any atom is -0.325 e. The molecule has 4 aliphatic rings. The van der Waals surface area contributed by atoms with Gasteiger partial charge in [0.05, 0.1) is 11.0 Å². The average molecular weight is 450 g/mol. The number of anilines is 1. The molecule has 4 saturated carbocycles. The van der Waals surface area contributed by atoms with Gasteiger partial charge >= 0.3 is 0 Å². The molecule has 4 atom stereocenters. The van der Waals surface area contributed by atoms with Gasteiger partial charge in [0.1, 0.15) is 6.33 Å². The summed E-state index contributed by atoms with van der Waals surface area (Å²) >= 11 is 9.50. The van der Waals surface area contributed by atoms with E-state index in [2.05, 4.69) is 31.3 Å². The van der Waals surface area contributed by atoms with E-state index in [1.165, 1.54) is 6.42 Å². The molecule has 7 heteroatoms. The molecule has 27 heavy (non-hydrogen) atoms. The lowest BCUT2D eigenvalue weighted by atomic mass is 9.46. The fourth-order valence-corrected chi connectivity index (χ4v) is 6.84. The highest BCUT2D eigenvalue weighted by Gasteiger charge is 2.61. The largest absolute Gasteiger partial charge is 0.325 e. The fraction of sp³-hybridized carbons (Fsp3) is 0.550. The fourth-order valence-electron chi connectivity index (χ4n) is 6.24. The Kier molecular flexibility index (Phi) is 3.96. The molecule has 1 aromatic carbocycles. The van der Waals surface area contributed by atoms with Crippen molar-refractivity contribution in [3.63, 3.8) is 0 Å². The minimum atomic E-state index is -0.317. The van der Waals surface area contributed by atoms with E-state index in [9.17, 15) is 4.79 Å². The summed E-state index contributed by atoms with van der Waals surface area (Å²) in [6.45, 7) is 2.03. The molecule has 1 N–H and O–H groups in total. The molecule has 0 radical (unpaired) electrons. The highest BCUT2D eigenvalue weighted by atomic mass is 79.9. The molecule has 6 rings (SSSR count). The Balaban J connectivity index is 1.47. The molecule has 2 unspecified atom stereocenters. The first-order chi connectivity index (χ1) is 12.9. The van der Waals surface area contributed by atoms with Crippen LogP contribution in [0.2, 0.25) is 5.28 Å². The SMILES string of the molecule is Cc1cc(Br)ccc1NC(=O)C12C[C@H]3C[C@@H](C1)CC(n1cnc(Cl)n1)(C3)C2. The number of nitrogens with zero attached hydrogens (tertiary/aromatic N) is 3. The Labute approximate surface area is 172 Å². The number of carbonyl (C=O) groups excluding carboxylic acids is 1. The van der Waals surface area contributed by atoms with E-state index in [-0.39, 0.29) is 22.1 Å². The van der Waals surface area contributed by atoms with E-state index in [1.54, 1.807) is 6.33 Å². The van der Waals surface area contributed by atoms with E-state index in [1.807, 2.05) is 29.8 Å². The summed E-state index contributed by atoms with van der Waals surface area (Å²) in [5.41, 5.74) is 1.54. The zero-order valence-corrected chi connectivity index (χ0v) is 17.6. The first kappa shape index (κ1) is 17.7. The predicted octanol–water partition coefficient (Wildman–Crippen LogP) is 4.94. The smallest absolute Gasteiger partial charge is 0.242 e. The summed E-state index contributed by atoms with van der Waals surface area (Å²) in [7, 11) is 0. The lowest BCUT2D eigenvalue weighted by molar-refractivity contribution is -0.150. The van der Waals surface area contributed by atoms with Crippen LogP contribution in [0, 0.1) is 24.2 Å². The Morgan fingerprint density at radius 2 is 2.04 bits per heavy atom. The number of amides is 1. The minimum absolute atomic E-state index is 0.115. The van der Waals surface area contributed by atoms with Crippen LogP contribution in [0.1, 0.15) is 44.1 Å². The summed E-state index contributed by atoms with van der Waals surface area (Å²) in [6, 6.07) is 5.99. The van der Waals surface area contributed by atoms with Gasteiger partial charge in [0.2, 0.25) is 11.2 Å². The summed E-state index contributed by atoms with van der Waals surface area (Å²) in [4.78, 5) is 17.6. The average Bonchev–Trinajstić information content (AvgIpc) is 3.03. The van der Waals surface area contributed by atoms with Crippen LogP contribution in [0.3, 0.4) is 0 Å². The molecule has 5 nitrogen and oxygen atoms in total. The molecular weight excluding hydrogens is 428 g/mol. The molecule has 0 aliphatic heterocycles. The van der Waals surface area contributed by atoms with Crippen molar-refractivity contribution in [2.24, 2.45) is 17.3 Å². The predicted molar refractivity (Wildman–Crippen MR) is 108 cm³/mol. The van der Waals surface area contributed by atoms with Gasteiger partial charge in [0.25, 0.3) is 0 Å². The second-order valence-corrected chi connectivity index (χ2v) is 10.1. The van der Waals surface area contributed by atoms with Crippen molar-refractivity contribution in [2.45, 2.75) is 51.0 Å². The molecule has 142 valence electrons. The Hall–Kier alpha value is -1.40. The van der Waals surface area contributed by atoms with Crippen molar-refractivity contribution in [1.29, 1.82) is 0 Å². The number of halogens is 2. The van der Waals surface area contributed by atoms with Crippen LogP contribution in [0.5, 0.6) is 0 Å². The van der Waals surface area contributed by atoms with Gasteiger partial charge in [0.15, 0.2) is 0 Å². The van der Waals surface area contributed by atoms with Gasteiger partial charge in [-0.1, -0.05) is 15.9 Å². The van der Waals surface area contributed by atoms with E-state index in [0.29, 0.717) is 11.8 Å². The summed E-state index contributed by atoms with van der Waals surface area (Å²) in [6.07, 6.45) is 7.93. The maximum absolute atomic E-state index is 13.5. The van der Waals surface area contributed by atoms with Crippen molar-refractivity contribution < 1.29 is 4.79 Å². The van der Waals surface area contributed by atoms with Gasteiger partial charge in [-0.2, -0.15) is 0 Å². The molecule has 1 heterocycles. The third kappa shape index (κ3) is 2.83. The number of aromatic nitrogens is 3. The van der Waals surface area contributed by atoms with Gasteiger partial charge in [0, 0.05) is 10.2 Å². The third-order valence-electron chi connectivity index (χ3n) is 6.90. The molecule has 0 saturated heterocycles. The Bertz CT molecular complexity index is 912. The second kappa shape index (κ2) is 6.05. The van der Waals surface area contributed by atoms with Crippen LogP contribution in [0.25, 0.3) is 0 Å². The van der Waals surface area contributed by atoms with Crippen LogP contribution < -0.4 is 5.32 Å². The lowest BCUT2D eigenvalue weighted by Gasteiger charge is -2.60. The normalized spacial score (nSPS) is 34.0. The van der Waals surface area contributed by atoms with Crippen LogP contribution in [0.15, 0.2) is 29.0 Å². The Morgan fingerprint density at radius 3 is 2.67 bits per heavy atom. The monoisotopic (exact) mass is 448 g/mol. The van der Waals surface area contributed by atoms with Crippen molar-refractivity contribution in [3.8, 4) is 0 Å². The zero-order chi connectivity index (χ0) is 18.8. The number of benzene rings is 1. The maximum atomic E-state index is 13.5. The van der Waals surface area contributed by atoms with E-state index < -0.39 is 0 Å². The zero-order valence-electron chi connectivity index (χ0n) is 15.2. The van der Waals surface area contributed by atoms with Crippen LogP contribution in [0.4, 0.5) is 5.69 Å². The lowest BCUT2D eigenvalue weighted by Crippen LogP contribution is -2.60. The van der Waals surface area contributed by atoms with Crippen LogP contribution >= 0.6 is 27.5 Å². The second-order valence-electron chi connectivity index (χ2n) is 8.84. The number of aryl methyl sites for hydroxylation is 1. The molecule has 4 fully saturated rings. The van der Waals surface area contributed by atoms with Crippen molar-refractivity contribution >= 4 is 39.1 Å². The first-order valence-corrected chi connectivity index (χ1v) is 10.7. The third-order valence-corrected chi connectivity index (χ3v) is 7.56. The maximum Gasteiger partial charge on any atom is 0.242 e. The summed E-state index contributed by atoms with van der Waals surface area (Å²) in [5.74, 6) is 1.31. The Morgan fingerprint density at radius 1 is 1.30 bits per heavy atom. The number of hydrogen-bond donors (Lipinski definition) is 1. The molecular formula is C20H22BrClN4O. The molecule has 1 amide bonds. The topological polar surface area (TPSA) is 59.8 Å². The first-order valence-electron chi connectivity index (χ1n) is 9.53. The number of carbonyl (C=O) groups is 1. The van der Waals surface area contributed by atoms with E-state index >= 15 is 0 Å². The molecule has 0 spiro atoms. The highest BCUT2D eigenvalue weighted by molar-refractivity contribution is 9.10. The van der Waals surface area contributed by atoms with Gasteiger partial charge in [-0.15, -0.1) is 5.10 Å². The van der Waals surface area contributed by atoms with E-state index in [0.717, 1.165) is 47.8 Å². The van der Waals surface area contributed by atoms with Gasteiger partial charge in [-0.25, -0.2) is 9.67 Å². The number of hydrogen-bond acceptors (Lipinski definition) is 3. The molecule has 1 aromatic heterocycles. The van der Waals surface area contributed by atoms with Crippen molar-refractivity contribution in [3.05, 3.63) is 39.8 Å². The number of rotatable bonds is 3. The van der Waals surface area contributed by atoms with Gasteiger partial charge < -0.3 is 5.32 Å². The van der Waals surface area contributed by atoms with Gasteiger partial charge in [-0.05, 0) is 92.6 Å². The van der Waals surface area contributed by atoms with Crippen molar-refractivity contribution in [1.82, 2.24) is 14.8 Å². The van der Waals surface area contributed by atoms with Crippen LogP contribution in [-0.2, 0) is 10.3 Å². The highest BCUT2D eigenvalue weighted by Crippen LogP contribution is 2.64. The van der Waals surface area contributed by atoms with Crippen molar-refractivity contribution in [2.75, 3.05) is 5.32 Å². The van der Waals surface area contributed by atoms with Gasteiger partial charge in [-0.3, -0.25) is 4.79 Å². The van der Waals surface area contributed by atoms with Crippen LogP contribution in [-0.4, -0.2) is 20.7 Å². The van der Waals surface area contributed by atoms with E-state index in [4.69, 9.17) is 11.6 Å². The summed E-state index contributed by atoms with van der Waals surface area (Å²) < 4.78 is 2.98. The number of nitrogens with one attached hydrogen (secondary N) is 1. The summed E-state index contributed by atoms with van der Waals surface area (Å²) in [5, 5.41) is 7.96. The quantitative estimate of drug-likeness (QED) is 0.722. The molecule has 4 bridgehead atoms. The molecule has 4 aliphatic carbocycles.